The van der Waals surface area contributed by atoms with Crippen LogP contribution in [0.15, 0.2) is 48.5 Å². The van der Waals surface area contributed by atoms with Gasteiger partial charge in [-0.1, -0.05) is 62.4 Å². The third-order valence-corrected chi connectivity index (χ3v) is 7.00. The fourth-order valence-corrected chi connectivity index (χ4v) is 5.33. The molecule has 2 aromatic rings. The minimum absolute atomic E-state index is 0. The molecule has 0 N–H and O–H groups in total. The highest BCUT2D eigenvalue weighted by Gasteiger charge is 2.45. The fourth-order valence-electron chi connectivity index (χ4n) is 5.33. The molecule has 0 bridgehead atoms. The number of halogens is 1. The molecule has 1 amide bonds. The summed E-state index contributed by atoms with van der Waals surface area (Å²) in [6.07, 6.45) is 3.31. The predicted octanol–water partition coefficient (Wildman–Crippen LogP) is 4.44. The van der Waals surface area contributed by atoms with Crippen LogP contribution in [0.2, 0.25) is 0 Å². The third-order valence-electron chi connectivity index (χ3n) is 7.00. The molecule has 5 nitrogen and oxygen atoms in total. The minimum Gasteiger partial charge on any atom is -0.329 e. The standard InChI is InChI=1S/C28H42N4O.ClH/c1-7-27(8-2)31-17-18-32(22-33)28(21-31,25-13-9-23(10-14-25)19-29(3)4)26-15-11-24(12-16-26)20-30(5)6;/h9-16,22,27H,7-8,17-21H2,1-6H3;1H. The van der Waals surface area contributed by atoms with Gasteiger partial charge in [0.25, 0.3) is 0 Å². The first-order chi connectivity index (χ1) is 15.8. The van der Waals surface area contributed by atoms with Gasteiger partial charge in [0.05, 0.1) is 0 Å². The molecule has 1 heterocycles. The number of nitrogens with zero attached hydrogens (tertiary/aromatic N) is 4. The number of benzene rings is 2. The highest BCUT2D eigenvalue weighted by Crippen LogP contribution is 2.40. The van der Waals surface area contributed by atoms with Gasteiger partial charge in [-0.05, 0) is 63.3 Å². The second kappa shape index (κ2) is 12.7. The summed E-state index contributed by atoms with van der Waals surface area (Å²) < 4.78 is 0. The molecular formula is C28H43ClN4O. The van der Waals surface area contributed by atoms with Gasteiger partial charge in [-0.3, -0.25) is 9.69 Å². The van der Waals surface area contributed by atoms with E-state index < -0.39 is 5.54 Å². The second-order valence-corrected chi connectivity index (χ2v) is 9.97. The first-order valence-corrected chi connectivity index (χ1v) is 12.3. The molecule has 1 aliphatic rings. The molecular weight excluding hydrogens is 444 g/mol. The zero-order chi connectivity index (χ0) is 24.0. The van der Waals surface area contributed by atoms with E-state index in [1.54, 1.807) is 0 Å². The first kappa shape index (κ1) is 28.3. The molecule has 3 rings (SSSR count). The molecule has 6 heteroatoms. The maximum Gasteiger partial charge on any atom is 0.210 e. The zero-order valence-corrected chi connectivity index (χ0v) is 22.6. The summed E-state index contributed by atoms with van der Waals surface area (Å²) in [4.78, 5) is 21.5. The van der Waals surface area contributed by atoms with Crippen LogP contribution in [0.3, 0.4) is 0 Å². The number of hydrogen-bond donors (Lipinski definition) is 0. The Labute approximate surface area is 213 Å². The summed E-state index contributed by atoms with van der Waals surface area (Å²) in [5.41, 5.74) is 4.45. The monoisotopic (exact) mass is 486 g/mol. The van der Waals surface area contributed by atoms with Crippen molar-refractivity contribution in [2.75, 3.05) is 47.8 Å². The Balaban J connectivity index is 0.00000408. The van der Waals surface area contributed by atoms with E-state index in [0.29, 0.717) is 6.04 Å². The lowest BCUT2D eigenvalue weighted by Crippen LogP contribution is -2.62. The number of amides is 1. The van der Waals surface area contributed by atoms with Gasteiger partial charge in [0, 0.05) is 38.8 Å². The number of hydrogen-bond acceptors (Lipinski definition) is 4. The summed E-state index contributed by atoms with van der Waals surface area (Å²) in [5, 5.41) is 0. The lowest BCUT2D eigenvalue weighted by atomic mass is 9.78. The van der Waals surface area contributed by atoms with Gasteiger partial charge in [-0.15, -0.1) is 12.4 Å². The third kappa shape index (κ3) is 6.19. The van der Waals surface area contributed by atoms with E-state index in [9.17, 15) is 4.79 Å². The molecule has 0 atom stereocenters. The molecule has 0 aliphatic carbocycles. The van der Waals surface area contributed by atoms with Gasteiger partial charge in [-0.2, -0.15) is 0 Å². The maximum atomic E-state index is 12.5. The normalized spacial score (nSPS) is 16.2. The van der Waals surface area contributed by atoms with Gasteiger partial charge in [0.15, 0.2) is 0 Å². The van der Waals surface area contributed by atoms with Gasteiger partial charge in [-0.25, -0.2) is 0 Å². The van der Waals surface area contributed by atoms with Gasteiger partial charge >= 0.3 is 0 Å². The summed E-state index contributed by atoms with van der Waals surface area (Å²) in [6, 6.07) is 18.3. The van der Waals surface area contributed by atoms with Crippen molar-refractivity contribution in [3.05, 3.63) is 70.8 Å². The average Bonchev–Trinajstić information content (AvgIpc) is 2.80. The molecule has 0 spiro atoms. The van der Waals surface area contributed by atoms with Crippen LogP contribution in [-0.4, -0.2) is 79.9 Å². The average molecular weight is 487 g/mol. The van der Waals surface area contributed by atoms with Gasteiger partial charge in [0.1, 0.15) is 5.54 Å². The van der Waals surface area contributed by atoms with Crippen molar-refractivity contribution in [2.24, 2.45) is 0 Å². The van der Waals surface area contributed by atoms with Crippen LogP contribution in [0.25, 0.3) is 0 Å². The van der Waals surface area contributed by atoms with Crippen molar-refractivity contribution >= 4 is 18.8 Å². The second-order valence-electron chi connectivity index (χ2n) is 9.97. The van der Waals surface area contributed by atoms with Crippen LogP contribution in [0, 0.1) is 0 Å². The van der Waals surface area contributed by atoms with Crippen LogP contribution in [0.1, 0.15) is 48.9 Å². The smallest absolute Gasteiger partial charge is 0.210 e. The minimum atomic E-state index is -0.490. The van der Waals surface area contributed by atoms with E-state index in [1.807, 2.05) is 4.90 Å². The van der Waals surface area contributed by atoms with Crippen LogP contribution in [0.4, 0.5) is 0 Å². The van der Waals surface area contributed by atoms with E-state index in [1.165, 1.54) is 22.3 Å². The number of carbonyl (C=O) groups is 1. The lowest BCUT2D eigenvalue weighted by Gasteiger charge is -2.52. The Kier molecular flexibility index (Phi) is 10.6. The number of piperazine rings is 1. The molecule has 0 saturated carbocycles. The van der Waals surface area contributed by atoms with Crippen molar-refractivity contribution in [3.8, 4) is 0 Å². The number of rotatable bonds is 10. The van der Waals surface area contributed by atoms with Crippen molar-refractivity contribution in [3.63, 3.8) is 0 Å². The Morgan fingerprint density at radius 3 is 1.62 bits per heavy atom. The molecule has 1 fully saturated rings. The van der Waals surface area contributed by atoms with Crippen molar-refractivity contribution in [1.82, 2.24) is 19.6 Å². The molecule has 188 valence electrons. The highest BCUT2D eigenvalue weighted by molar-refractivity contribution is 5.85. The largest absolute Gasteiger partial charge is 0.329 e. The Hall–Kier alpha value is -1.92. The molecule has 0 radical (unpaired) electrons. The number of carbonyl (C=O) groups excluding carboxylic acids is 1. The van der Waals surface area contributed by atoms with Crippen LogP contribution < -0.4 is 0 Å². The summed E-state index contributed by atoms with van der Waals surface area (Å²) >= 11 is 0. The Morgan fingerprint density at radius 1 is 0.824 bits per heavy atom. The quantitative estimate of drug-likeness (QED) is 0.464. The van der Waals surface area contributed by atoms with Gasteiger partial charge < -0.3 is 14.7 Å². The first-order valence-electron chi connectivity index (χ1n) is 12.3. The fraction of sp³-hybridized carbons (Fsp3) is 0.536. The lowest BCUT2D eigenvalue weighted by molar-refractivity contribution is -0.127. The van der Waals surface area contributed by atoms with Crippen molar-refractivity contribution in [2.45, 2.75) is 51.4 Å². The van der Waals surface area contributed by atoms with Crippen LogP contribution in [-0.2, 0) is 23.4 Å². The van der Waals surface area contributed by atoms with Gasteiger partial charge in [0.2, 0.25) is 6.41 Å². The molecule has 2 aromatic carbocycles. The highest BCUT2D eigenvalue weighted by atomic mass is 35.5. The van der Waals surface area contributed by atoms with E-state index in [0.717, 1.165) is 52.0 Å². The van der Waals surface area contributed by atoms with E-state index in [2.05, 4.69) is 105 Å². The van der Waals surface area contributed by atoms with E-state index in [-0.39, 0.29) is 12.4 Å². The van der Waals surface area contributed by atoms with E-state index >= 15 is 0 Å². The van der Waals surface area contributed by atoms with Crippen LogP contribution in [0.5, 0.6) is 0 Å². The maximum absolute atomic E-state index is 12.5. The Bertz CT molecular complexity index is 825. The molecule has 34 heavy (non-hydrogen) atoms. The summed E-state index contributed by atoms with van der Waals surface area (Å²) in [6.45, 7) is 8.83. The molecule has 0 unspecified atom stereocenters. The van der Waals surface area contributed by atoms with E-state index in [4.69, 9.17) is 0 Å². The molecule has 1 saturated heterocycles. The molecule has 0 aromatic heterocycles. The summed E-state index contributed by atoms with van der Waals surface area (Å²) in [5.74, 6) is 0. The summed E-state index contributed by atoms with van der Waals surface area (Å²) in [7, 11) is 8.36. The predicted molar refractivity (Wildman–Crippen MR) is 144 cm³/mol. The Morgan fingerprint density at radius 2 is 1.26 bits per heavy atom. The SMILES string of the molecule is CCC(CC)N1CCN(C=O)C(c2ccc(CN(C)C)cc2)(c2ccc(CN(C)C)cc2)C1.Cl. The van der Waals surface area contributed by atoms with Crippen molar-refractivity contribution < 1.29 is 4.79 Å². The van der Waals surface area contributed by atoms with Crippen LogP contribution >= 0.6 is 12.4 Å². The van der Waals surface area contributed by atoms with Crippen molar-refractivity contribution in [1.29, 1.82) is 0 Å². The zero-order valence-electron chi connectivity index (χ0n) is 21.8. The molecule has 1 aliphatic heterocycles. The topological polar surface area (TPSA) is 30.0 Å².